The molecule has 0 bridgehead atoms. The molecule has 0 radical (unpaired) electrons. The minimum atomic E-state index is -3.87. The zero-order valence-electron chi connectivity index (χ0n) is 17.8. The summed E-state index contributed by atoms with van der Waals surface area (Å²) in [7, 11) is -0.829. The molecule has 1 aliphatic heterocycles. The SMILES string of the molecule is COc1cc(OC)cc(-c2nnc(NC(=O)C3CCCCN3S(=O)(=O)c3ccc(Cl)s3)o2)c1. The lowest BCUT2D eigenvalue weighted by Crippen LogP contribution is -2.49. The zero-order chi connectivity index (χ0) is 23.6. The van der Waals surface area contributed by atoms with Crippen LogP contribution >= 0.6 is 22.9 Å². The number of methoxy groups -OCH3 is 2. The Morgan fingerprint density at radius 3 is 2.55 bits per heavy atom. The summed E-state index contributed by atoms with van der Waals surface area (Å²) in [6.07, 6.45) is 1.75. The molecule has 13 heteroatoms. The van der Waals surface area contributed by atoms with Crippen molar-refractivity contribution in [2.24, 2.45) is 0 Å². The number of rotatable bonds is 7. The van der Waals surface area contributed by atoms with Crippen LogP contribution in [0.3, 0.4) is 0 Å². The molecule has 3 aromatic rings. The number of anilines is 1. The second-order valence-electron chi connectivity index (χ2n) is 7.19. The number of nitrogens with zero attached hydrogens (tertiary/aromatic N) is 3. The van der Waals surface area contributed by atoms with Crippen molar-refractivity contribution in [3.63, 3.8) is 0 Å². The van der Waals surface area contributed by atoms with Gasteiger partial charge >= 0.3 is 6.01 Å². The summed E-state index contributed by atoms with van der Waals surface area (Å²) in [4.78, 5) is 13.0. The highest BCUT2D eigenvalue weighted by atomic mass is 35.5. The zero-order valence-corrected chi connectivity index (χ0v) is 20.2. The van der Waals surface area contributed by atoms with Crippen molar-refractivity contribution in [1.82, 2.24) is 14.5 Å². The summed E-state index contributed by atoms with van der Waals surface area (Å²) >= 11 is 6.87. The number of hydrogen-bond donors (Lipinski definition) is 1. The minimum Gasteiger partial charge on any atom is -0.497 e. The lowest BCUT2D eigenvalue weighted by molar-refractivity contribution is -0.120. The number of carbonyl (C=O) groups is 1. The number of sulfonamides is 1. The first-order valence-electron chi connectivity index (χ1n) is 9.97. The molecule has 0 spiro atoms. The molecule has 1 unspecified atom stereocenters. The van der Waals surface area contributed by atoms with Gasteiger partial charge in [0.15, 0.2) is 0 Å². The third-order valence-electron chi connectivity index (χ3n) is 5.12. The van der Waals surface area contributed by atoms with Gasteiger partial charge in [-0.1, -0.05) is 23.1 Å². The van der Waals surface area contributed by atoms with E-state index < -0.39 is 22.0 Å². The van der Waals surface area contributed by atoms with E-state index in [2.05, 4.69) is 15.5 Å². The van der Waals surface area contributed by atoms with Gasteiger partial charge in [0.25, 0.3) is 10.0 Å². The molecule has 1 saturated heterocycles. The number of piperidine rings is 1. The third-order valence-corrected chi connectivity index (χ3v) is 8.73. The Morgan fingerprint density at radius 2 is 1.91 bits per heavy atom. The maximum atomic E-state index is 13.1. The van der Waals surface area contributed by atoms with Crippen LogP contribution in [0.2, 0.25) is 4.34 Å². The normalized spacial score (nSPS) is 17.0. The van der Waals surface area contributed by atoms with Crippen LogP contribution in [0.5, 0.6) is 11.5 Å². The summed E-state index contributed by atoms with van der Waals surface area (Å²) < 4.78 is 43.9. The van der Waals surface area contributed by atoms with Crippen LogP contribution in [-0.2, 0) is 14.8 Å². The molecule has 0 saturated carbocycles. The average Bonchev–Trinajstić information content (AvgIpc) is 3.48. The van der Waals surface area contributed by atoms with Gasteiger partial charge in [-0.25, -0.2) is 8.42 Å². The Balaban J connectivity index is 1.54. The van der Waals surface area contributed by atoms with Gasteiger partial charge in [-0.2, -0.15) is 4.31 Å². The first-order chi connectivity index (χ1) is 15.8. The Labute approximate surface area is 199 Å². The number of halogens is 1. The fraction of sp³-hybridized carbons (Fsp3) is 0.350. The standard InChI is InChI=1S/C20H21ClN4O6S2/c1-29-13-9-12(10-14(11-13)30-2)19-23-24-20(31-19)22-18(26)15-5-3-4-8-25(15)33(27,28)17-7-6-16(21)32-17/h6-7,9-11,15H,3-5,8H2,1-2H3,(H,22,24,26). The van der Waals surface area contributed by atoms with Gasteiger partial charge in [-0.05, 0) is 37.1 Å². The first-order valence-corrected chi connectivity index (χ1v) is 12.6. The molecule has 176 valence electrons. The van der Waals surface area contributed by atoms with E-state index in [0.717, 1.165) is 11.3 Å². The molecule has 33 heavy (non-hydrogen) atoms. The smallest absolute Gasteiger partial charge is 0.322 e. The lowest BCUT2D eigenvalue weighted by atomic mass is 10.0. The quantitative estimate of drug-likeness (QED) is 0.508. The van der Waals surface area contributed by atoms with Crippen molar-refractivity contribution in [2.75, 3.05) is 26.1 Å². The van der Waals surface area contributed by atoms with Crippen LogP contribution in [0.4, 0.5) is 6.01 Å². The lowest BCUT2D eigenvalue weighted by Gasteiger charge is -2.32. The molecule has 3 heterocycles. The monoisotopic (exact) mass is 512 g/mol. The van der Waals surface area contributed by atoms with E-state index in [4.69, 9.17) is 25.5 Å². The van der Waals surface area contributed by atoms with E-state index in [-0.39, 0.29) is 22.7 Å². The topological polar surface area (TPSA) is 124 Å². The Kier molecular flexibility index (Phi) is 6.88. The van der Waals surface area contributed by atoms with Gasteiger partial charge in [0, 0.05) is 18.2 Å². The van der Waals surface area contributed by atoms with Crippen molar-refractivity contribution in [1.29, 1.82) is 0 Å². The van der Waals surface area contributed by atoms with E-state index in [1.807, 2.05) is 0 Å². The fourth-order valence-corrected chi connectivity index (χ4v) is 6.79. The molecule has 1 aliphatic rings. The summed E-state index contributed by atoms with van der Waals surface area (Å²) in [5, 5.41) is 10.4. The van der Waals surface area contributed by atoms with Crippen molar-refractivity contribution in [3.8, 4) is 23.0 Å². The highest BCUT2D eigenvalue weighted by Gasteiger charge is 2.38. The second kappa shape index (κ2) is 9.67. The third kappa shape index (κ3) is 4.98. The number of benzene rings is 1. The van der Waals surface area contributed by atoms with E-state index >= 15 is 0 Å². The van der Waals surface area contributed by atoms with Crippen LogP contribution < -0.4 is 14.8 Å². The largest absolute Gasteiger partial charge is 0.497 e. The molecule has 4 rings (SSSR count). The van der Waals surface area contributed by atoms with Crippen LogP contribution in [0.1, 0.15) is 19.3 Å². The van der Waals surface area contributed by atoms with E-state index in [1.165, 1.54) is 30.7 Å². The molecular weight excluding hydrogens is 492 g/mol. The van der Waals surface area contributed by atoms with Crippen molar-refractivity contribution in [3.05, 3.63) is 34.7 Å². The molecule has 1 fully saturated rings. The van der Waals surface area contributed by atoms with Crippen molar-refractivity contribution >= 4 is 44.9 Å². The van der Waals surface area contributed by atoms with Gasteiger partial charge in [-0.15, -0.1) is 16.4 Å². The number of carbonyl (C=O) groups excluding carboxylic acids is 1. The van der Waals surface area contributed by atoms with Crippen LogP contribution in [0, 0.1) is 0 Å². The van der Waals surface area contributed by atoms with Crippen LogP contribution in [0.15, 0.2) is 39.0 Å². The van der Waals surface area contributed by atoms with E-state index in [0.29, 0.717) is 40.7 Å². The first kappa shape index (κ1) is 23.5. The molecule has 2 aromatic heterocycles. The maximum absolute atomic E-state index is 13.1. The Hall–Kier alpha value is -2.67. The highest BCUT2D eigenvalue weighted by Crippen LogP contribution is 2.33. The van der Waals surface area contributed by atoms with E-state index in [9.17, 15) is 13.2 Å². The number of amides is 1. The molecule has 1 aromatic carbocycles. The van der Waals surface area contributed by atoms with Gasteiger partial charge < -0.3 is 13.9 Å². The highest BCUT2D eigenvalue weighted by molar-refractivity contribution is 7.91. The van der Waals surface area contributed by atoms with Gasteiger partial charge in [0.2, 0.25) is 11.8 Å². The number of nitrogens with one attached hydrogen (secondary N) is 1. The number of thiophene rings is 1. The molecule has 10 nitrogen and oxygen atoms in total. The van der Waals surface area contributed by atoms with Gasteiger partial charge in [-0.3, -0.25) is 10.1 Å². The number of ether oxygens (including phenoxy) is 2. The second-order valence-corrected chi connectivity index (χ2v) is 11.0. The molecule has 1 atom stereocenters. The molecule has 1 amide bonds. The van der Waals surface area contributed by atoms with Crippen LogP contribution in [-0.4, -0.2) is 55.6 Å². The van der Waals surface area contributed by atoms with Crippen molar-refractivity contribution < 1.29 is 27.1 Å². The minimum absolute atomic E-state index is 0.0965. The molecular formula is C20H21ClN4O6S2. The van der Waals surface area contributed by atoms with Gasteiger partial charge in [0.05, 0.1) is 18.6 Å². The molecule has 0 aliphatic carbocycles. The number of hydrogen-bond acceptors (Lipinski definition) is 9. The maximum Gasteiger partial charge on any atom is 0.322 e. The van der Waals surface area contributed by atoms with Crippen LogP contribution in [0.25, 0.3) is 11.5 Å². The van der Waals surface area contributed by atoms with E-state index in [1.54, 1.807) is 18.2 Å². The van der Waals surface area contributed by atoms with Gasteiger partial charge in [0.1, 0.15) is 21.8 Å². The predicted molar refractivity (Wildman–Crippen MR) is 122 cm³/mol. The summed E-state index contributed by atoms with van der Waals surface area (Å²) in [6.45, 7) is 0.231. The van der Waals surface area contributed by atoms with Crippen molar-refractivity contribution in [2.45, 2.75) is 29.5 Å². The molecule has 1 N–H and O–H groups in total. The fourth-order valence-electron chi connectivity index (χ4n) is 3.52. The Bertz CT molecular complexity index is 1240. The predicted octanol–water partition coefficient (Wildman–Crippen LogP) is 3.65. The summed E-state index contributed by atoms with van der Waals surface area (Å²) in [6, 6.07) is 6.98. The Morgan fingerprint density at radius 1 is 1.18 bits per heavy atom. The number of aromatic nitrogens is 2. The summed E-state index contributed by atoms with van der Waals surface area (Å²) in [5.74, 6) is 0.665. The average molecular weight is 513 g/mol. The summed E-state index contributed by atoms with van der Waals surface area (Å²) in [5.41, 5.74) is 0.538.